The monoisotopic (exact) mass is 396 g/mol. The SMILES string of the molecule is CC(C)CCc1cc(C(=O)N2CCCC3=C[C@H]4C[C@@H](CN5CCCC[C@@H]45)[C@@H]32)n[nH]1. The molecule has 0 radical (unpaired) electrons. The second-order valence-corrected chi connectivity index (χ2v) is 10.2. The number of nitrogens with zero attached hydrogens (tertiary/aromatic N) is 3. The molecule has 4 heterocycles. The first-order valence-electron chi connectivity index (χ1n) is 11.9. The molecule has 1 aliphatic carbocycles. The van der Waals surface area contributed by atoms with Crippen LogP contribution in [-0.4, -0.2) is 57.6 Å². The van der Waals surface area contributed by atoms with Crippen LogP contribution in [0.4, 0.5) is 0 Å². The molecule has 1 aromatic rings. The molecule has 3 aliphatic heterocycles. The normalized spacial score (nSPS) is 32.0. The van der Waals surface area contributed by atoms with Crippen LogP contribution in [0.15, 0.2) is 17.7 Å². The lowest BCUT2D eigenvalue weighted by molar-refractivity contribution is 0.00131. The molecule has 1 amide bonds. The molecule has 5 heteroatoms. The van der Waals surface area contributed by atoms with Gasteiger partial charge < -0.3 is 4.90 Å². The van der Waals surface area contributed by atoms with E-state index >= 15 is 0 Å². The maximum absolute atomic E-state index is 13.5. The van der Waals surface area contributed by atoms with Crippen molar-refractivity contribution in [2.75, 3.05) is 19.6 Å². The molecule has 3 saturated heterocycles. The lowest BCUT2D eigenvalue weighted by atomic mass is 9.68. The predicted octanol–water partition coefficient (Wildman–Crippen LogP) is 4.03. The van der Waals surface area contributed by atoms with Crippen molar-refractivity contribution in [3.05, 3.63) is 29.1 Å². The summed E-state index contributed by atoms with van der Waals surface area (Å²) in [7, 11) is 0. The summed E-state index contributed by atoms with van der Waals surface area (Å²) in [6, 6.07) is 3.05. The highest BCUT2D eigenvalue weighted by molar-refractivity contribution is 5.93. The number of hydrogen-bond donors (Lipinski definition) is 1. The number of H-pyrrole nitrogens is 1. The van der Waals surface area contributed by atoms with E-state index < -0.39 is 0 Å². The van der Waals surface area contributed by atoms with E-state index in [9.17, 15) is 4.79 Å². The number of piperidine rings is 3. The zero-order valence-corrected chi connectivity index (χ0v) is 18.1. The molecule has 0 aromatic carbocycles. The highest BCUT2D eigenvalue weighted by Gasteiger charge is 2.47. The van der Waals surface area contributed by atoms with E-state index in [0.717, 1.165) is 37.5 Å². The van der Waals surface area contributed by atoms with E-state index in [0.29, 0.717) is 29.5 Å². The highest BCUT2D eigenvalue weighted by atomic mass is 16.2. The van der Waals surface area contributed by atoms with Crippen molar-refractivity contribution in [2.45, 2.75) is 77.3 Å². The third kappa shape index (κ3) is 3.67. The van der Waals surface area contributed by atoms with Crippen LogP contribution in [0.5, 0.6) is 0 Å². The molecule has 1 aromatic heterocycles. The van der Waals surface area contributed by atoms with Gasteiger partial charge in [-0.15, -0.1) is 0 Å². The van der Waals surface area contributed by atoms with Gasteiger partial charge in [-0.1, -0.05) is 31.9 Å². The summed E-state index contributed by atoms with van der Waals surface area (Å²) in [6.07, 6.45) is 12.3. The molecule has 1 N–H and O–H groups in total. The van der Waals surface area contributed by atoms with Crippen molar-refractivity contribution >= 4 is 5.91 Å². The largest absolute Gasteiger partial charge is 0.330 e. The molecule has 0 unspecified atom stereocenters. The average Bonchev–Trinajstić information content (AvgIpc) is 3.20. The maximum Gasteiger partial charge on any atom is 0.274 e. The molecule has 0 saturated carbocycles. The maximum atomic E-state index is 13.5. The fraction of sp³-hybridized carbons (Fsp3) is 0.750. The molecule has 4 atom stereocenters. The van der Waals surface area contributed by atoms with Gasteiger partial charge in [0.1, 0.15) is 5.69 Å². The average molecular weight is 397 g/mol. The van der Waals surface area contributed by atoms with Crippen LogP contribution >= 0.6 is 0 Å². The Morgan fingerprint density at radius 2 is 2.17 bits per heavy atom. The molecule has 158 valence electrons. The zero-order chi connectivity index (χ0) is 20.0. The fourth-order valence-corrected chi connectivity index (χ4v) is 6.39. The number of carbonyl (C=O) groups excluding carboxylic acids is 1. The van der Waals surface area contributed by atoms with Gasteiger partial charge in [0.2, 0.25) is 0 Å². The van der Waals surface area contributed by atoms with Gasteiger partial charge in [-0.3, -0.25) is 14.8 Å². The van der Waals surface area contributed by atoms with Crippen LogP contribution < -0.4 is 0 Å². The van der Waals surface area contributed by atoms with Crippen LogP contribution in [-0.2, 0) is 6.42 Å². The Labute approximate surface area is 174 Å². The van der Waals surface area contributed by atoms with Crippen LogP contribution in [0.25, 0.3) is 0 Å². The summed E-state index contributed by atoms with van der Waals surface area (Å²) in [5, 5.41) is 7.52. The van der Waals surface area contributed by atoms with E-state index in [2.05, 4.69) is 39.9 Å². The predicted molar refractivity (Wildman–Crippen MR) is 115 cm³/mol. The number of likely N-dealkylation sites (tertiary alicyclic amines) is 1. The topological polar surface area (TPSA) is 52.2 Å². The Kier molecular flexibility index (Phi) is 5.27. The number of fused-ring (bicyclic) bond motifs is 6. The number of aryl methyl sites for hydroxylation is 1. The second kappa shape index (κ2) is 7.90. The third-order valence-corrected chi connectivity index (χ3v) is 7.76. The van der Waals surface area contributed by atoms with Crippen LogP contribution in [0, 0.1) is 17.8 Å². The molecule has 4 aliphatic rings. The summed E-state index contributed by atoms with van der Waals surface area (Å²) in [6.45, 7) is 7.77. The van der Waals surface area contributed by atoms with E-state index in [4.69, 9.17) is 0 Å². The van der Waals surface area contributed by atoms with Crippen molar-refractivity contribution in [2.24, 2.45) is 17.8 Å². The van der Waals surface area contributed by atoms with Crippen LogP contribution in [0.1, 0.15) is 75.0 Å². The molecule has 5 nitrogen and oxygen atoms in total. The number of amides is 1. The molecule has 2 bridgehead atoms. The first-order chi connectivity index (χ1) is 14.1. The van der Waals surface area contributed by atoms with Crippen molar-refractivity contribution in [1.82, 2.24) is 20.0 Å². The second-order valence-electron chi connectivity index (χ2n) is 10.2. The van der Waals surface area contributed by atoms with Crippen molar-refractivity contribution in [1.29, 1.82) is 0 Å². The minimum absolute atomic E-state index is 0.131. The number of nitrogens with one attached hydrogen (secondary N) is 1. The van der Waals surface area contributed by atoms with Gasteiger partial charge in [0.05, 0.1) is 6.04 Å². The minimum atomic E-state index is 0.131. The lowest BCUT2D eigenvalue weighted by Crippen LogP contribution is -2.60. The Balaban J connectivity index is 1.36. The number of aromatic nitrogens is 2. The Morgan fingerprint density at radius 3 is 3.03 bits per heavy atom. The van der Waals surface area contributed by atoms with Crippen molar-refractivity contribution < 1.29 is 4.79 Å². The summed E-state index contributed by atoms with van der Waals surface area (Å²) in [4.78, 5) is 18.4. The first-order valence-corrected chi connectivity index (χ1v) is 11.9. The van der Waals surface area contributed by atoms with Gasteiger partial charge in [-0.25, -0.2) is 0 Å². The Hall–Kier alpha value is -1.62. The summed E-state index contributed by atoms with van der Waals surface area (Å²) in [5.74, 6) is 2.10. The summed E-state index contributed by atoms with van der Waals surface area (Å²) < 4.78 is 0. The van der Waals surface area contributed by atoms with Gasteiger partial charge in [0.15, 0.2) is 0 Å². The smallest absolute Gasteiger partial charge is 0.274 e. The number of hydrogen-bond acceptors (Lipinski definition) is 3. The van der Waals surface area contributed by atoms with E-state index in [1.807, 2.05) is 6.07 Å². The molecule has 29 heavy (non-hydrogen) atoms. The quantitative estimate of drug-likeness (QED) is 0.782. The minimum Gasteiger partial charge on any atom is -0.330 e. The van der Waals surface area contributed by atoms with E-state index in [1.165, 1.54) is 45.2 Å². The van der Waals surface area contributed by atoms with Gasteiger partial charge >= 0.3 is 0 Å². The number of carbonyl (C=O) groups is 1. The number of aromatic amines is 1. The van der Waals surface area contributed by atoms with Gasteiger partial charge in [-0.2, -0.15) is 5.10 Å². The van der Waals surface area contributed by atoms with E-state index in [-0.39, 0.29) is 5.91 Å². The van der Waals surface area contributed by atoms with Gasteiger partial charge in [0, 0.05) is 24.8 Å². The van der Waals surface area contributed by atoms with Gasteiger partial charge in [0.25, 0.3) is 5.91 Å². The molecular formula is C24H36N4O. The Morgan fingerprint density at radius 1 is 1.28 bits per heavy atom. The molecule has 3 fully saturated rings. The third-order valence-electron chi connectivity index (χ3n) is 7.76. The summed E-state index contributed by atoms with van der Waals surface area (Å²) in [5.41, 5.74) is 3.25. The highest BCUT2D eigenvalue weighted by Crippen LogP contribution is 2.45. The lowest BCUT2D eigenvalue weighted by Gasteiger charge is -2.54. The number of rotatable bonds is 4. The van der Waals surface area contributed by atoms with Crippen molar-refractivity contribution in [3.8, 4) is 0 Å². The van der Waals surface area contributed by atoms with Crippen LogP contribution in [0.2, 0.25) is 0 Å². The fourth-order valence-electron chi connectivity index (χ4n) is 6.39. The Bertz CT molecular complexity index is 782. The standard InChI is InChI=1S/C24H36N4O/c1-16(2)8-9-20-14-21(26-25-20)24(29)28-11-5-6-17-12-18-13-19(23(17)28)15-27-10-4-3-7-22(18)27/h12,14,16,18-19,22-23H,3-11,13,15H2,1-2H3,(H,25,26)/t18-,19-,22-,23+/m0/s1. The van der Waals surface area contributed by atoms with Crippen LogP contribution in [0.3, 0.4) is 0 Å². The van der Waals surface area contributed by atoms with Gasteiger partial charge in [-0.05, 0) is 75.3 Å². The molecule has 5 rings (SSSR count). The van der Waals surface area contributed by atoms with E-state index in [1.54, 1.807) is 5.57 Å². The molecule has 0 spiro atoms. The summed E-state index contributed by atoms with van der Waals surface area (Å²) >= 11 is 0. The first kappa shape index (κ1) is 19.3. The molecular weight excluding hydrogens is 360 g/mol. The van der Waals surface area contributed by atoms with Crippen molar-refractivity contribution in [3.63, 3.8) is 0 Å². The zero-order valence-electron chi connectivity index (χ0n) is 18.1.